The van der Waals surface area contributed by atoms with Gasteiger partial charge in [0.1, 0.15) is 0 Å². The molecule has 1 aromatic rings. The van der Waals surface area contributed by atoms with Crippen molar-refractivity contribution in [1.82, 2.24) is 15.6 Å². The van der Waals surface area contributed by atoms with Crippen LogP contribution in [0.25, 0.3) is 0 Å². The van der Waals surface area contributed by atoms with Crippen molar-refractivity contribution < 1.29 is 4.79 Å². The first-order valence-corrected chi connectivity index (χ1v) is 7.88. The van der Waals surface area contributed by atoms with E-state index in [0.29, 0.717) is 12.5 Å². The van der Waals surface area contributed by atoms with Gasteiger partial charge in [-0.1, -0.05) is 25.8 Å². The summed E-state index contributed by atoms with van der Waals surface area (Å²) in [6.07, 6.45) is 6.90. The number of carbonyl (C=O) groups is 1. The second-order valence-corrected chi connectivity index (χ2v) is 5.22. The number of aliphatic imine (C=N–C) groups is 1. The summed E-state index contributed by atoms with van der Waals surface area (Å²) in [6.45, 7) is 5.61. The van der Waals surface area contributed by atoms with Crippen LogP contribution in [0.2, 0.25) is 0 Å². The molecule has 0 saturated heterocycles. The third-order valence-electron chi connectivity index (χ3n) is 3.27. The van der Waals surface area contributed by atoms with Crippen LogP contribution in [0.3, 0.4) is 0 Å². The maximum atomic E-state index is 11.0. The van der Waals surface area contributed by atoms with Crippen LogP contribution < -0.4 is 16.4 Å². The zero-order valence-corrected chi connectivity index (χ0v) is 13.6. The Hall–Kier alpha value is -2.11. The van der Waals surface area contributed by atoms with Gasteiger partial charge in [-0.05, 0) is 37.8 Å². The molecule has 1 heterocycles. The van der Waals surface area contributed by atoms with E-state index in [9.17, 15) is 4.79 Å². The average Bonchev–Trinajstić information content (AvgIpc) is 2.49. The second kappa shape index (κ2) is 10.6. The first-order chi connectivity index (χ1) is 10.6. The predicted octanol–water partition coefficient (Wildman–Crippen LogP) is 2.13. The van der Waals surface area contributed by atoms with Gasteiger partial charge in [0.05, 0.1) is 0 Å². The lowest BCUT2D eigenvalue weighted by Crippen LogP contribution is -2.44. The zero-order valence-electron chi connectivity index (χ0n) is 13.6. The van der Waals surface area contributed by atoms with Crippen LogP contribution >= 0.6 is 0 Å². The number of nitrogens with zero attached hydrogens (tertiary/aromatic N) is 2. The van der Waals surface area contributed by atoms with Crippen LogP contribution in [0.15, 0.2) is 23.3 Å². The Morgan fingerprint density at radius 1 is 1.36 bits per heavy atom. The van der Waals surface area contributed by atoms with Gasteiger partial charge in [-0.15, -0.1) is 0 Å². The number of rotatable bonds is 8. The quantitative estimate of drug-likeness (QED) is 0.390. The molecule has 0 bridgehead atoms. The summed E-state index contributed by atoms with van der Waals surface area (Å²) in [7, 11) is 0. The Morgan fingerprint density at radius 3 is 2.86 bits per heavy atom. The standard InChI is InChI=1S/C16H27N5O/c1-3-4-5-10-19-16(21-15(17)22)20-12-7-9-14-13(2)8-6-11-18-14/h6,8,11H,3-5,7,9-10,12H2,1-2H3,(H4,17,19,20,21,22). The number of nitrogens with two attached hydrogens (primary N) is 1. The maximum absolute atomic E-state index is 11.0. The second-order valence-electron chi connectivity index (χ2n) is 5.22. The number of guanidine groups is 1. The van der Waals surface area contributed by atoms with Crippen molar-refractivity contribution in [1.29, 1.82) is 0 Å². The van der Waals surface area contributed by atoms with Gasteiger partial charge in [0.2, 0.25) is 0 Å². The molecule has 0 unspecified atom stereocenters. The van der Waals surface area contributed by atoms with Crippen molar-refractivity contribution in [2.24, 2.45) is 10.7 Å². The molecule has 0 aliphatic rings. The fourth-order valence-electron chi connectivity index (χ4n) is 2.06. The monoisotopic (exact) mass is 305 g/mol. The molecule has 0 atom stereocenters. The summed E-state index contributed by atoms with van der Waals surface area (Å²) >= 11 is 0. The van der Waals surface area contributed by atoms with Crippen LogP contribution in [0, 0.1) is 6.92 Å². The molecule has 122 valence electrons. The lowest BCUT2D eigenvalue weighted by molar-refractivity contribution is 0.253. The van der Waals surface area contributed by atoms with Gasteiger partial charge in [0, 0.05) is 25.0 Å². The molecule has 0 spiro atoms. The Labute approximate surface area is 132 Å². The number of primary amides is 1. The van der Waals surface area contributed by atoms with Crippen molar-refractivity contribution >= 4 is 12.0 Å². The van der Waals surface area contributed by atoms with Crippen molar-refractivity contribution in [2.45, 2.75) is 46.0 Å². The van der Waals surface area contributed by atoms with E-state index in [1.807, 2.05) is 6.07 Å². The Balaban J connectivity index is 2.39. The number of hydrogen-bond acceptors (Lipinski definition) is 3. The van der Waals surface area contributed by atoms with Crippen LogP contribution in [-0.4, -0.2) is 30.1 Å². The molecule has 6 heteroatoms. The summed E-state index contributed by atoms with van der Waals surface area (Å²) in [5.41, 5.74) is 7.45. The first-order valence-electron chi connectivity index (χ1n) is 7.88. The van der Waals surface area contributed by atoms with Crippen LogP contribution in [0.4, 0.5) is 4.79 Å². The van der Waals surface area contributed by atoms with Crippen molar-refractivity contribution in [3.8, 4) is 0 Å². The molecule has 6 nitrogen and oxygen atoms in total. The number of hydrogen-bond donors (Lipinski definition) is 3. The van der Waals surface area contributed by atoms with Crippen LogP contribution in [-0.2, 0) is 6.42 Å². The van der Waals surface area contributed by atoms with Gasteiger partial charge in [-0.25, -0.2) is 4.79 Å². The molecule has 22 heavy (non-hydrogen) atoms. The van der Waals surface area contributed by atoms with Crippen LogP contribution in [0.5, 0.6) is 0 Å². The summed E-state index contributed by atoms with van der Waals surface area (Å²) in [6, 6.07) is 3.40. The van der Waals surface area contributed by atoms with Crippen molar-refractivity contribution in [3.63, 3.8) is 0 Å². The van der Waals surface area contributed by atoms with Gasteiger partial charge in [0.15, 0.2) is 5.96 Å². The first kappa shape index (κ1) is 17.9. The van der Waals surface area contributed by atoms with Gasteiger partial charge in [-0.3, -0.25) is 15.3 Å². The molecular weight excluding hydrogens is 278 g/mol. The van der Waals surface area contributed by atoms with Gasteiger partial charge >= 0.3 is 6.03 Å². The molecule has 2 amide bonds. The van der Waals surface area contributed by atoms with E-state index < -0.39 is 6.03 Å². The Morgan fingerprint density at radius 2 is 2.18 bits per heavy atom. The summed E-state index contributed by atoms with van der Waals surface area (Å²) in [5, 5.41) is 5.65. The van der Waals surface area contributed by atoms with E-state index in [1.54, 1.807) is 6.20 Å². The minimum atomic E-state index is -0.595. The van der Waals surface area contributed by atoms with E-state index in [2.05, 4.69) is 40.5 Å². The Bertz CT molecular complexity index is 487. The number of amides is 2. The smallest absolute Gasteiger partial charge is 0.318 e. The molecule has 0 aliphatic heterocycles. The van der Waals surface area contributed by atoms with E-state index in [-0.39, 0.29) is 0 Å². The van der Waals surface area contributed by atoms with Crippen molar-refractivity contribution in [2.75, 3.05) is 13.1 Å². The number of pyridine rings is 1. The molecule has 0 radical (unpaired) electrons. The van der Waals surface area contributed by atoms with E-state index in [4.69, 9.17) is 5.73 Å². The molecule has 0 aromatic carbocycles. The third-order valence-corrected chi connectivity index (χ3v) is 3.27. The van der Waals surface area contributed by atoms with Crippen LogP contribution in [0.1, 0.15) is 43.9 Å². The number of unbranched alkanes of at least 4 members (excludes halogenated alkanes) is 2. The molecule has 0 saturated carbocycles. The highest BCUT2D eigenvalue weighted by molar-refractivity contribution is 5.95. The third kappa shape index (κ3) is 7.61. The SMILES string of the molecule is CCCCCNC(=NCCCc1ncccc1C)NC(N)=O. The summed E-state index contributed by atoms with van der Waals surface area (Å²) in [4.78, 5) is 19.7. The summed E-state index contributed by atoms with van der Waals surface area (Å²) < 4.78 is 0. The fraction of sp³-hybridized carbons (Fsp3) is 0.562. The highest BCUT2D eigenvalue weighted by Gasteiger charge is 2.02. The zero-order chi connectivity index (χ0) is 16.2. The van der Waals surface area contributed by atoms with E-state index in [1.165, 1.54) is 5.56 Å². The minimum Gasteiger partial charge on any atom is -0.356 e. The lowest BCUT2D eigenvalue weighted by atomic mass is 10.1. The van der Waals surface area contributed by atoms with Crippen molar-refractivity contribution in [3.05, 3.63) is 29.6 Å². The molecule has 1 aromatic heterocycles. The largest absolute Gasteiger partial charge is 0.356 e. The number of aryl methyl sites for hydroxylation is 2. The number of carbonyl (C=O) groups excluding carboxylic acids is 1. The lowest BCUT2D eigenvalue weighted by Gasteiger charge is -2.10. The average molecular weight is 305 g/mol. The fourth-order valence-corrected chi connectivity index (χ4v) is 2.06. The topological polar surface area (TPSA) is 92.4 Å². The summed E-state index contributed by atoms with van der Waals surface area (Å²) in [5.74, 6) is 0.460. The molecule has 0 fully saturated rings. The molecule has 0 aliphatic carbocycles. The molecule has 4 N–H and O–H groups in total. The maximum Gasteiger partial charge on any atom is 0.318 e. The number of nitrogens with one attached hydrogen (secondary N) is 2. The van der Waals surface area contributed by atoms with E-state index >= 15 is 0 Å². The normalized spacial score (nSPS) is 11.3. The highest BCUT2D eigenvalue weighted by Crippen LogP contribution is 2.05. The Kier molecular flexibility index (Phi) is 8.64. The predicted molar refractivity (Wildman–Crippen MR) is 89.8 cm³/mol. The van der Waals surface area contributed by atoms with E-state index in [0.717, 1.165) is 44.3 Å². The van der Waals surface area contributed by atoms with Gasteiger partial charge in [0.25, 0.3) is 0 Å². The number of aromatic nitrogens is 1. The minimum absolute atomic E-state index is 0.460. The molecule has 1 rings (SSSR count). The molecular formula is C16H27N5O. The van der Waals surface area contributed by atoms with Gasteiger partial charge in [-0.2, -0.15) is 0 Å². The number of urea groups is 1. The highest BCUT2D eigenvalue weighted by atomic mass is 16.2. The van der Waals surface area contributed by atoms with Gasteiger partial charge < -0.3 is 11.1 Å².